The highest BCUT2D eigenvalue weighted by molar-refractivity contribution is 7.94. The van der Waals surface area contributed by atoms with E-state index in [9.17, 15) is 13.2 Å². The maximum atomic E-state index is 11.3. The van der Waals surface area contributed by atoms with Crippen molar-refractivity contribution >= 4 is 15.8 Å². The number of sulfone groups is 1. The fraction of sp³-hybridized carbons (Fsp3) is 0.667. The quantitative estimate of drug-likeness (QED) is 0.719. The van der Waals surface area contributed by atoms with Gasteiger partial charge >= 0.3 is 5.97 Å². The van der Waals surface area contributed by atoms with E-state index in [-0.39, 0.29) is 11.7 Å². The Hall–Kier alpha value is -0.840. The first-order valence-corrected chi connectivity index (χ1v) is 6.35. The molecule has 1 N–H and O–H groups in total. The summed E-state index contributed by atoms with van der Waals surface area (Å²) >= 11 is 0. The second-order valence-corrected chi connectivity index (χ2v) is 5.55. The summed E-state index contributed by atoms with van der Waals surface area (Å²) in [5, 5.41) is 9.09. The van der Waals surface area contributed by atoms with Crippen molar-refractivity contribution in [2.45, 2.75) is 25.7 Å². The molecule has 0 aromatic carbocycles. The Balaban J connectivity index is 2.53. The smallest absolute Gasteiger partial charge is 0.329 e. The van der Waals surface area contributed by atoms with E-state index in [1.54, 1.807) is 0 Å². The Morgan fingerprint density at radius 2 is 1.93 bits per heavy atom. The zero-order valence-electron chi connectivity index (χ0n) is 7.85. The lowest BCUT2D eigenvalue weighted by Crippen LogP contribution is -2.11. The molecule has 0 unspecified atom stereocenters. The Labute approximate surface area is 83.5 Å². The van der Waals surface area contributed by atoms with Gasteiger partial charge in [-0.25, -0.2) is 13.2 Å². The van der Waals surface area contributed by atoms with E-state index < -0.39 is 15.8 Å². The monoisotopic (exact) mass is 218 g/mol. The highest BCUT2D eigenvalue weighted by Crippen LogP contribution is 2.26. The molecule has 0 saturated heterocycles. The van der Waals surface area contributed by atoms with E-state index >= 15 is 0 Å². The van der Waals surface area contributed by atoms with Crippen LogP contribution in [0.25, 0.3) is 0 Å². The van der Waals surface area contributed by atoms with E-state index in [1.165, 1.54) is 0 Å². The van der Waals surface area contributed by atoms with Crippen molar-refractivity contribution in [3.63, 3.8) is 0 Å². The summed E-state index contributed by atoms with van der Waals surface area (Å²) in [6.07, 6.45) is 4.75. The Bertz CT molecular complexity index is 323. The van der Waals surface area contributed by atoms with Gasteiger partial charge in [-0.15, -0.1) is 0 Å². The molecule has 0 amide bonds. The molecule has 14 heavy (non-hydrogen) atoms. The van der Waals surface area contributed by atoms with E-state index in [0.717, 1.165) is 31.1 Å². The number of carboxylic acids is 1. The second kappa shape index (κ2) is 4.59. The third-order valence-electron chi connectivity index (χ3n) is 2.36. The van der Waals surface area contributed by atoms with Gasteiger partial charge in [0.25, 0.3) is 0 Å². The molecular formula is C9H14O4S. The lowest BCUT2D eigenvalue weighted by molar-refractivity contribution is -0.131. The Kier molecular flexibility index (Phi) is 3.69. The normalized spacial score (nSPS) is 19.1. The molecule has 1 rings (SSSR count). The van der Waals surface area contributed by atoms with Gasteiger partial charge in [0.2, 0.25) is 0 Å². The van der Waals surface area contributed by atoms with Crippen LogP contribution in [0.4, 0.5) is 0 Å². The molecule has 4 nitrogen and oxygen atoms in total. The molecule has 1 fully saturated rings. The van der Waals surface area contributed by atoms with E-state index in [2.05, 4.69) is 0 Å². The minimum atomic E-state index is -3.32. The predicted octanol–water partition coefficient (Wildman–Crippen LogP) is 1.19. The summed E-state index contributed by atoms with van der Waals surface area (Å²) in [5.74, 6) is -0.907. The van der Waals surface area contributed by atoms with Crippen LogP contribution in [-0.4, -0.2) is 25.2 Å². The molecular weight excluding hydrogens is 204 g/mol. The van der Waals surface area contributed by atoms with E-state index in [0.29, 0.717) is 6.08 Å². The summed E-state index contributed by atoms with van der Waals surface area (Å²) < 4.78 is 22.7. The summed E-state index contributed by atoms with van der Waals surface area (Å²) in [6.45, 7) is 0. The Morgan fingerprint density at radius 3 is 2.43 bits per heavy atom. The number of carbonyl (C=O) groups is 1. The van der Waals surface area contributed by atoms with Crippen LogP contribution in [0.5, 0.6) is 0 Å². The SMILES string of the molecule is O=C(O)/C=C/S(=O)(=O)CC1CCCC1. The van der Waals surface area contributed by atoms with Gasteiger partial charge in [0.15, 0.2) is 9.84 Å². The van der Waals surface area contributed by atoms with Crippen LogP contribution in [0, 0.1) is 5.92 Å². The molecule has 1 aliphatic rings. The second-order valence-electron chi connectivity index (χ2n) is 3.62. The Morgan fingerprint density at radius 1 is 1.36 bits per heavy atom. The van der Waals surface area contributed by atoms with Gasteiger partial charge < -0.3 is 5.11 Å². The van der Waals surface area contributed by atoms with Crippen LogP contribution in [0.3, 0.4) is 0 Å². The van der Waals surface area contributed by atoms with Gasteiger partial charge in [-0.2, -0.15) is 0 Å². The first-order chi connectivity index (χ1) is 6.49. The lowest BCUT2D eigenvalue weighted by atomic mass is 10.1. The van der Waals surface area contributed by atoms with Gasteiger partial charge in [-0.05, 0) is 18.8 Å². The molecule has 80 valence electrons. The number of hydrogen-bond acceptors (Lipinski definition) is 3. The van der Waals surface area contributed by atoms with Gasteiger partial charge in [-0.3, -0.25) is 0 Å². The van der Waals surface area contributed by atoms with Crippen LogP contribution in [-0.2, 0) is 14.6 Å². The standard InChI is InChI=1S/C9H14O4S/c10-9(11)5-6-14(12,13)7-8-3-1-2-4-8/h5-6,8H,1-4,7H2,(H,10,11)/b6-5+. The fourth-order valence-electron chi connectivity index (χ4n) is 1.72. The van der Waals surface area contributed by atoms with Crippen molar-refractivity contribution in [3.8, 4) is 0 Å². The van der Waals surface area contributed by atoms with Crippen LogP contribution >= 0.6 is 0 Å². The molecule has 5 heteroatoms. The van der Waals surface area contributed by atoms with Crippen molar-refractivity contribution in [2.75, 3.05) is 5.75 Å². The van der Waals surface area contributed by atoms with Gasteiger partial charge in [0, 0.05) is 11.5 Å². The maximum Gasteiger partial charge on any atom is 0.329 e. The third kappa shape index (κ3) is 3.91. The molecule has 0 aromatic rings. The topological polar surface area (TPSA) is 71.4 Å². The minimum Gasteiger partial charge on any atom is -0.478 e. The van der Waals surface area contributed by atoms with E-state index in [1.807, 2.05) is 0 Å². The van der Waals surface area contributed by atoms with Gasteiger partial charge in [0.05, 0.1) is 5.75 Å². The van der Waals surface area contributed by atoms with Crippen LogP contribution in [0.2, 0.25) is 0 Å². The minimum absolute atomic E-state index is 0.0940. The number of aliphatic carboxylic acids is 1. The summed E-state index contributed by atoms with van der Waals surface area (Å²) in [7, 11) is -3.32. The first-order valence-electron chi connectivity index (χ1n) is 4.63. The highest BCUT2D eigenvalue weighted by atomic mass is 32.2. The first kappa shape index (κ1) is 11.2. The van der Waals surface area contributed by atoms with Crippen LogP contribution in [0.15, 0.2) is 11.5 Å². The van der Waals surface area contributed by atoms with Crippen molar-refractivity contribution in [2.24, 2.45) is 5.92 Å². The fourth-order valence-corrected chi connectivity index (χ4v) is 3.15. The zero-order valence-corrected chi connectivity index (χ0v) is 8.66. The van der Waals surface area contributed by atoms with Crippen LogP contribution in [0.1, 0.15) is 25.7 Å². The van der Waals surface area contributed by atoms with Gasteiger partial charge in [-0.1, -0.05) is 12.8 Å². The molecule has 0 heterocycles. The summed E-state index contributed by atoms with van der Waals surface area (Å²) in [5.41, 5.74) is 0. The molecule has 1 aliphatic carbocycles. The summed E-state index contributed by atoms with van der Waals surface area (Å²) in [4.78, 5) is 10.1. The predicted molar refractivity (Wildman–Crippen MR) is 52.5 cm³/mol. The molecule has 0 bridgehead atoms. The number of carboxylic acid groups (broad SMARTS) is 1. The molecule has 0 aromatic heterocycles. The average Bonchev–Trinajstić information content (AvgIpc) is 2.53. The van der Waals surface area contributed by atoms with Gasteiger partial charge in [0.1, 0.15) is 0 Å². The molecule has 1 saturated carbocycles. The third-order valence-corrected chi connectivity index (χ3v) is 3.85. The van der Waals surface area contributed by atoms with E-state index in [4.69, 9.17) is 5.11 Å². The van der Waals surface area contributed by atoms with Crippen LogP contribution < -0.4 is 0 Å². The van der Waals surface area contributed by atoms with Crippen molar-refractivity contribution in [3.05, 3.63) is 11.5 Å². The van der Waals surface area contributed by atoms with Crippen molar-refractivity contribution in [1.29, 1.82) is 0 Å². The number of hydrogen-bond donors (Lipinski definition) is 1. The largest absolute Gasteiger partial charge is 0.478 e. The molecule has 0 atom stereocenters. The number of rotatable bonds is 4. The molecule has 0 spiro atoms. The maximum absolute atomic E-state index is 11.3. The van der Waals surface area contributed by atoms with Crippen molar-refractivity contribution in [1.82, 2.24) is 0 Å². The zero-order chi connectivity index (χ0) is 10.6. The lowest BCUT2D eigenvalue weighted by Gasteiger charge is -2.05. The van der Waals surface area contributed by atoms with Crippen molar-refractivity contribution < 1.29 is 18.3 Å². The molecule has 0 radical (unpaired) electrons. The summed E-state index contributed by atoms with van der Waals surface area (Å²) in [6, 6.07) is 0. The molecule has 0 aliphatic heterocycles. The average molecular weight is 218 g/mol. The highest BCUT2D eigenvalue weighted by Gasteiger charge is 2.20.